The van der Waals surface area contributed by atoms with Gasteiger partial charge in [0.2, 0.25) is 10.0 Å². The summed E-state index contributed by atoms with van der Waals surface area (Å²) in [5.41, 5.74) is -1.22. The van der Waals surface area contributed by atoms with Crippen molar-refractivity contribution in [3.8, 4) is 5.75 Å². The third kappa shape index (κ3) is 4.45. The molecule has 3 N–H and O–H groups in total. The monoisotopic (exact) mass is 423 g/mol. The molecule has 10 heteroatoms. The number of carboxylic acids is 1. The van der Waals surface area contributed by atoms with Crippen LogP contribution in [0.1, 0.15) is 18.9 Å². The van der Waals surface area contributed by atoms with Gasteiger partial charge in [0.25, 0.3) is 0 Å². The molecule has 136 valence electrons. The van der Waals surface area contributed by atoms with Gasteiger partial charge in [0.1, 0.15) is 20.5 Å². The van der Waals surface area contributed by atoms with E-state index in [0.29, 0.717) is 5.56 Å². The van der Waals surface area contributed by atoms with Crippen molar-refractivity contribution in [2.45, 2.75) is 30.2 Å². The molecule has 1 unspecified atom stereocenters. The molecule has 25 heavy (non-hydrogen) atoms. The normalized spacial score (nSPS) is 14.2. The van der Waals surface area contributed by atoms with Gasteiger partial charge in [-0.05, 0) is 30.2 Å². The molecule has 0 radical (unpaired) electrons. The fourth-order valence-corrected chi connectivity index (χ4v) is 5.87. The van der Waals surface area contributed by atoms with Crippen LogP contribution in [0.15, 0.2) is 35.2 Å². The molecule has 0 fully saturated rings. The zero-order valence-corrected chi connectivity index (χ0v) is 16.1. The molecule has 1 aromatic carbocycles. The van der Waals surface area contributed by atoms with Crippen LogP contribution in [0.25, 0.3) is 0 Å². The average molecular weight is 424 g/mol. The maximum Gasteiger partial charge on any atom is 0.325 e. The zero-order valence-electron chi connectivity index (χ0n) is 13.0. The Morgan fingerprint density at radius 1 is 1.28 bits per heavy atom. The number of phenolic OH excluding ortho intramolecular Hbond substituents is 1. The van der Waals surface area contributed by atoms with Crippen LogP contribution in [0.4, 0.5) is 0 Å². The molecule has 0 spiro atoms. The number of aliphatic carboxylic acids is 1. The van der Waals surface area contributed by atoms with Gasteiger partial charge < -0.3 is 10.2 Å². The van der Waals surface area contributed by atoms with Crippen LogP contribution in [0.2, 0.25) is 8.67 Å². The minimum atomic E-state index is -4.20. The van der Waals surface area contributed by atoms with Crippen LogP contribution in [0.5, 0.6) is 5.75 Å². The second-order valence-electron chi connectivity index (χ2n) is 5.38. The van der Waals surface area contributed by atoms with Crippen LogP contribution in [0.3, 0.4) is 0 Å². The Labute approximate surface area is 159 Å². The van der Waals surface area contributed by atoms with Crippen LogP contribution in [0, 0.1) is 0 Å². The Hall–Kier alpha value is -1.32. The Morgan fingerprint density at radius 3 is 2.32 bits per heavy atom. The van der Waals surface area contributed by atoms with Crippen molar-refractivity contribution in [2.24, 2.45) is 0 Å². The molecule has 0 saturated heterocycles. The highest BCUT2D eigenvalue weighted by molar-refractivity contribution is 7.90. The topological polar surface area (TPSA) is 104 Å². The van der Waals surface area contributed by atoms with Gasteiger partial charge in [-0.2, -0.15) is 4.72 Å². The molecule has 2 aromatic rings. The van der Waals surface area contributed by atoms with Gasteiger partial charge >= 0.3 is 5.97 Å². The van der Waals surface area contributed by atoms with Crippen LogP contribution in [-0.2, 0) is 21.2 Å². The second kappa shape index (κ2) is 7.51. The van der Waals surface area contributed by atoms with Crippen molar-refractivity contribution < 1.29 is 23.4 Å². The first-order chi connectivity index (χ1) is 11.6. The van der Waals surface area contributed by atoms with E-state index in [9.17, 15) is 23.4 Å². The van der Waals surface area contributed by atoms with E-state index in [0.717, 1.165) is 11.3 Å². The highest BCUT2D eigenvalue weighted by atomic mass is 35.5. The number of aromatic hydroxyl groups is 1. The van der Waals surface area contributed by atoms with E-state index in [2.05, 4.69) is 4.72 Å². The number of carboxylic acid groups (broad SMARTS) is 1. The average Bonchev–Trinajstić information content (AvgIpc) is 2.88. The maximum absolute atomic E-state index is 12.6. The lowest BCUT2D eigenvalue weighted by Gasteiger charge is -2.29. The van der Waals surface area contributed by atoms with Crippen LogP contribution < -0.4 is 4.72 Å². The van der Waals surface area contributed by atoms with Crippen molar-refractivity contribution in [1.29, 1.82) is 0 Å². The van der Waals surface area contributed by atoms with E-state index >= 15 is 0 Å². The second-order valence-corrected chi connectivity index (χ2v) is 9.31. The SMILES string of the molecule is CCC(Cc1ccc(O)cc1)(NS(=O)(=O)c1cc(Cl)sc1Cl)C(=O)O. The minimum Gasteiger partial charge on any atom is -0.508 e. The first-order valence-corrected chi connectivity index (χ1v) is 10.2. The fraction of sp³-hybridized carbons (Fsp3) is 0.267. The van der Waals surface area contributed by atoms with Crippen LogP contribution in [-0.4, -0.2) is 30.1 Å². The van der Waals surface area contributed by atoms with Gasteiger partial charge in [0, 0.05) is 6.42 Å². The highest BCUT2D eigenvalue weighted by Crippen LogP contribution is 2.35. The standard InChI is InChI=1S/C15H15Cl2NO5S2/c1-2-15(14(20)21,8-9-3-5-10(19)6-4-9)18-25(22,23)11-7-12(16)24-13(11)17/h3-7,18-19H,2,8H2,1H3,(H,20,21). The third-order valence-corrected chi connectivity index (χ3v) is 6.99. The van der Waals surface area contributed by atoms with E-state index < -0.39 is 21.5 Å². The number of carbonyl (C=O) groups is 1. The predicted molar refractivity (Wildman–Crippen MR) is 97.1 cm³/mol. The quantitative estimate of drug-likeness (QED) is 0.631. The maximum atomic E-state index is 12.6. The first kappa shape index (κ1) is 20.0. The van der Waals surface area contributed by atoms with Gasteiger partial charge in [-0.15, -0.1) is 11.3 Å². The van der Waals surface area contributed by atoms with E-state index in [1.165, 1.54) is 30.3 Å². The Balaban J connectivity index is 2.41. The van der Waals surface area contributed by atoms with Crippen molar-refractivity contribution in [3.05, 3.63) is 44.6 Å². The van der Waals surface area contributed by atoms with Crippen molar-refractivity contribution in [1.82, 2.24) is 4.72 Å². The fourth-order valence-electron chi connectivity index (χ4n) is 2.29. The molecule has 6 nitrogen and oxygen atoms in total. The third-order valence-electron chi connectivity index (χ3n) is 3.70. The van der Waals surface area contributed by atoms with Gasteiger partial charge in [-0.1, -0.05) is 42.3 Å². The molecule has 0 aliphatic rings. The lowest BCUT2D eigenvalue weighted by Crippen LogP contribution is -2.55. The van der Waals surface area contributed by atoms with Crippen molar-refractivity contribution in [3.63, 3.8) is 0 Å². The summed E-state index contributed by atoms with van der Waals surface area (Å²) >= 11 is 12.6. The molecular formula is C15H15Cl2NO5S2. The number of rotatable bonds is 7. The zero-order chi connectivity index (χ0) is 18.8. The highest BCUT2D eigenvalue weighted by Gasteiger charge is 2.42. The van der Waals surface area contributed by atoms with Crippen LogP contribution >= 0.6 is 34.5 Å². The van der Waals surface area contributed by atoms with Gasteiger partial charge in [-0.25, -0.2) is 8.42 Å². The molecule has 0 aliphatic heterocycles. The molecule has 1 heterocycles. The molecule has 0 saturated carbocycles. The van der Waals surface area contributed by atoms with E-state index in [1.807, 2.05) is 0 Å². The summed E-state index contributed by atoms with van der Waals surface area (Å²) in [7, 11) is -4.20. The summed E-state index contributed by atoms with van der Waals surface area (Å²) in [6, 6.07) is 7.06. The molecule has 0 aliphatic carbocycles. The lowest BCUT2D eigenvalue weighted by atomic mass is 9.89. The van der Waals surface area contributed by atoms with Crippen molar-refractivity contribution >= 4 is 50.5 Å². The summed E-state index contributed by atoms with van der Waals surface area (Å²) in [6.45, 7) is 1.57. The smallest absolute Gasteiger partial charge is 0.325 e. The largest absolute Gasteiger partial charge is 0.508 e. The first-order valence-electron chi connectivity index (χ1n) is 7.10. The Bertz CT molecular complexity index is 880. The number of thiophene rings is 1. The molecule has 0 amide bonds. The summed E-state index contributed by atoms with van der Waals surface area (Å²) in [4.78, 5) is 11.6. The summed E-state index contributed by atoms with van der Waals surface area (Å²) < 4.78 is 27.7. The lowest BCUT2D eigenvalue weighted by molar-refractivity contribution is -0.144. The van der Waals surface area contributed by atoms with E-state index in [-0.39, 0.29) is 32.2 Å². The molecule has 0 bridgehead atoms. The number of benzene rings is 1. The molecule has 1 aromatic heterocycles. The molecule has 1 atom stereocenters. The Morgan fingerprint density at radius 2 is 1.88 bits per heavy atom. The number of halogens is 2. The summed E-state index contributed by atoms with van der Waals surface area (Å²) in [6.07, 6.45) is -0.105. The molecular weight excluding hydrogens is 409 g/mol. The van der Waals surface area contributed by atoms with E-state index in [1.54, 1.807) is 6.92 Å². The van der Waals surface area contributed by atoms with Gasteiger partial charge in [0.05, 0.1) is 4.34 Å². The summed E-state index contributed by atoms with van der Waals surface area (Å²) in [5.74, 6) is -1.29. The minimum absolute atomic E-state index is 0.00206. The molecule has 2 rings (SSSR count). The number of phenols is 1. The van der Waals surface area contributed by atoms with Gasteiger partial charge in [-0.3, -0.25) is 4.79 Å². The van der Waals surface area contributed by atoms with Gasteiger partial charge in [0.15, 0.2) is 0 Å². The predicted octanol–water partition coefficient (Wildman–Crippen LogP) is 3.51. The number of sulfonamides is 1. The number of hydrogen-bond acceptors (Lipinski definition) is 5. The van der Waals surface area contributed by atoms with E-state index in [4.69, 9.17) is 23.2 Å². The Kier molecular flexibility index (Phi) is 6.01. The van der Waals surface area contributed by atoms with Crippen molar-refractivity contribution in [2.75, 3.05) is 0 Å². The summed E-state index contributed by atoms with van der Waals surface area (Å²) in [5, 5.41) is 19.0. The number of hydrogen-bond donors (Lipinski definition) is 3. The number of nitrogens with one attached hydrogen (secondary N) is 1.